The predicted octanol–water partition coefficient (Wildman–Crippen LogP) is 1.09. The van der Waals surface area contributed by atoms with Crippen LogP contribution in [0, 0.1) is 0 Å². The Bertz CT molecular complexity index is 483. The van der Waals surface area contributed by atoms with Crippen LogP contribution in [0.4, 0.5) is 5.69 Å². The lowest BCUT2D eigenvalue weighted by Crippen LogP contribution is -2.34. The summed E-state index contributed by atoms with van der Waals surface area (Å²) in [6.45, 7) is 4.43. The van der Waals surface area contributed by atoms with Crippen LogP contribution < -0.4 is 5.73 Å². The van der Waals surface area contributed by atoms with Crippen molar-refractivity contribution in [3.05, 3.63) is 36.9 Å². The zero-order chi connectivity index (χ0) is 13.6. The van der Waals surface area contributed by atoms with E-state index in [1.54, 1.807) is 18.2 Å². The van der Waals surface area contributed by atoms with Crippen LogP contribution in [0.5, 0.6) is 0 Å². The van der Waals surface area contributed by atoms with Crippen molar-refractivity contribution in [3.63, 3.8) is 0 Å². The molecule has 1 aromatic rings. The number of hydrogen-bond acceptors (Lipinski definition) is 4. The van der Waals surface area contributed by atoms with Crippen molar-refractivity contribution in [1.82, 2.24) is 4.31 Å². The van der Waals surface area contributed by atoms with Crippen LogP contribution >= 0.6 is 0 Å². The van der Waals surface area contributed by atoms with Crippen molar-refractivity contribution in [2.45, 2.75) is 4.90 Å². The topological polar surface area (TPSA) is 72.6 Å². The van der Waals surface area contributed by atoms with Gasteiger partial charge in [-0.3, -0.25) is 0 Å². The quantitative estimate of drug-likeness (QED) is 0.594. The summed E-state index contributed by atoms with van der Waals surface area (Å²) in [7, 11) is -2.00. The van der Waals surface area contributed by atoms with Gasteiger partial charge in [0.05, 0.1) is 11.5 Å². The van der Waals surface area contributed by atoms with Crippen molar-refractivity contribution in [1.29, 1.82) is 0 Å². The van der Waals surface area contributed by atoms with Gasteiger partial charge in [-0.2, -0.15) is 4.31 Å². The smallest absolute Gasteiger partial charge is 0.243 e. The zero-order valence-electron chi connectivity index (χ0n) is 10.4. The highest BCUT2D eigenvalue weighted by atomic mass is 32.2. The molecule has 100 valence electrons. The summed E-state index contributed by atoms with van der Waals surface area (Å²) in [4.78, 5) is 0.217. The highest BCUT2D eigenvalue weighted by Gasteiger charge is 2.22. The maximum atomic E-state index is 12.3. The van der Waals surface area contributed by atoms with E-state index in [1.165, 1.54) is 23.5 Å². The van der Waals surface area contributed by atoms with Crippen molar-refractivity contribution < 1.29 is 13.2 Å². The van der Waals surface area contributed by atoms with Gasteiger partial charge in [0, 0.05) is 25.9 Å². The van der Waals surface area contributed by atoms with Gasteiger partial charge in [0.1, 0.15) is 0 Å². The van der Waals surface area contributed by atoms with E-state index in [-0.39, 0.29) is 18.0 Å². The molecule has 0 fully saturated rings. The Kier molecular flexibility index (Phi) is 5.33. The summed E-state index contributed by atoms with van der Waals surface area (Å²) in [6, 6.07) is 6.12. The number of nitrogens with zero attached hydrogens (tertiary/aromatic N) is 1. The Morgan fingerprint density at radius 2 is 2.00 bits per heavy atom. The molecule has 0 saturated carbocycles. The first kappa shape index (κ1) is 14.7. The molecule has 0 amide bonds. The molecule has 0 aliphatic rings. The first-order chi connectivity index (χ1) is 8.52. The van der Waals surface area contributed by atoms with E-state index < -0.39 is 10.0 Å². The Balaban J connectivity index is 3.00. The number of sulfonamides is 1. The molecule has 6 heteroatoms. The van der Waals surface area contributed by atoms with Crippen molar-refractivity contribution in [2.24, 2.45) is 0 Å². The van der Waals surface area contributed by atoms with Crippen molar-refractivity contribution >= 4 is 15.7 Å². The largest absolute Gasteiger partial charge is 0.399 e. The summed E-state index contributed by atoms with van der Waals surface area (Å²) in [5.41, 5.74) is 6.07. The van der Waals surface area contributed by atoms with Crippen LogP contribution in [0.3, 0.4) is 0 Å². The van der Waals surface area contributed by atoms with E-state index in [4.69, 9.17) is 10.5 Å². The molecule has 0 aromatic heterocycles. The summed E-state index contributed by atoms with van der Waals surface area (Å²) >= 11 is 0. The fourth-order valence-corrected chi connectivity index (χ4v) is 2.83. The SMILES string of the molecule is C=CCN(CCOC)S(=O)(=O)c1ccc(N)cc1. The number of nitrogens with two attached hydrogens (primary N) is 1. The molecule has 0 aliphatic carbocycles. The number of rotatable bonds is 7. The van der Waals surface area contributed by atoms with Crippen LogP contribution in [0.1, 0.15) is 0 Å². The molecule has 5 nitrogen and oxygen atoms in total. The fraction of sp³-hybridized carbons (Fsp3) is 0.333. The number of benzene rings is 1. The lowest BCUT2D eigenvalue weighted by atomic mass is 10.3. The Morgan fingerprint density at radius 3 is 2.50 bits per heavy atom. The van der Waals surface area contributed by atoms with Crippen molar-refractivity contribution in [3.8, 4) is 0 Å². The first-order valence-electron chi connectivity index (χ1n) is 5.48. The minimum Gasteiger partial charge on any atom is -0.399 e. The Morgan fingerprint density at radius 1 is 1.39 bits per heavy atom. The van der Waals surface area contributed by atoms with Gasteiger partial charge in [-0.15, -0.1) is 6.58 Å². The Labute approximate surface area is 108 Å². The number of ether oxygens (including phenoxy) is 1. The molecule has 0 aliphatic heterocycles. The molecule has 2 N–H and O–H groups in total. The van der Waals surface area contributed by atoms with Gasteiger partial charge in [0.25, 0.3) is 0 Å². The second-order valence-electron chi connectivity index (χ2n) is 3.71. The minimum atomic E-state index is -3.53. The lowest BCUT2D eigenvalue weighted by molar-refractivity contribution is 0.182. The third-order valence-electron chi connectivity index (χ3n) is 2.40. The van der Waals surface area contributed by atoms with Gasteiger partial charge < -0.3 is 10.5 Å². The van der Waals surface area contributed by atoms with Crippen LogP contribution in [0.25, 0.3) is 0 Å². The van der Waals surface area contributed by atoms with Gasteiger partial charge in [0.2, 0.25) is 10.0 Å². The maximum absolute atomic E-state index is 12.3. The second kappa shape index (κ2) is 6.53. The molecule has 18 heavy (non-hydrogen) atoms. The highest BCUT2D eigenvalue weighted by molar-refractivity contribution is 7.89. The molecular formula is C12H18N2O3S. The zero-order valence-corrected chi connectivity index (χ0v) is 11.2. The van der Waals surface area contributed by atoms with Gasteiger partial charge in [-0.25, -0.2) is 8.42 Å². The van der Waals surface area contributed by atoms with Gasteiger partial charge in [-0.05, 0) is 24.3 Å². The normalized spacial score (nSPS) is 11.7. The number of methoxy groups -OCH3 is 1. The van der Waals surface area contributed by atoms with E-state index >= 15 is 0 Å². The molecule has 0 bridgehead atoms. The Hall–Kier alpha value is -1.37. The molecule has 1 aromatic carbocycles. The maximum Gasteiger partial charge on any atom is 0.243 e. The van der Waals surface area contributed by atoms with Crippen LogP contribution in [0.15, 0.2) is 41.8 Å². The molecule has 1 rings (SSSR count). The van der Waals surface area contributed by atoms with E-state index in [2.05, 4.69) is 6.58 Å². The first-order valence-corrected chi connectivity index (χ1v) is 6.92. The van der Waals surface area contributed by atoms with Crippen LogP contribution in [-0.2, 0) is 14.8 Å². The van der Waals surface area contributed by atoms with E-state index in [0.29, 0.717) is 12.3 Å². The predicted molar refractivity (Wildman–Crippen MR) is 71.7 cm³/mol. The molecule has 0 unspecified atom stereocenters. The van der Waals surface area contributed by atoms with Crippen molar-refractivity contribution in [2.75, 3.05) is 32.5 Å². The lowest BCUT2D eigenvalue weighted by Gasteiger charge is -2.20. The summed E-state index contributed by atoms with van der Waals surface area (Å²) in [5, 5.41) is 0. The minimum absolute atomic E-state index is 0.217. The third kappa shape index (κ3) is 3.56. The summed E-state index contributed by atoms with van der Waals surface area (Å²) < 4.78 is 30.9. The van der Waals surface area contributed by atoms with E-state index in [0.717, 1.165) is 0 Å². The molecule has 0 heterocycles. The summed E-state index contributed by atoms with van der Waals surface area (Å²) in [6.07, 6.45) is 1.55. The third-order valence-corrected chi connectivity index (χ3v) is 4.27. The molecular weight excluding hydrogens is 252 g/mol. The number of nitrogen functional groups attached to an aromatic ring is 1. The monoisotopic (exact) mass is 270 g/mol. The summed E-state index contributed by atoms with van der Waals surface area (Å²) in [5.74, 6) is 0. The van der Waals surface area contributed by atoms with Crippen LogP contribution in [0.2, 0.25) is 0 Å². The van der Waals surface area contributed by atoms with E-state index in [9.17, 15) is 8.42 Å². The van der Waals surface area contributed by atoms with Gasteiger partial charge in [0.15, 0.2) is 0 Å². The standard InChI is InChI=1S/C12H18N2O3S/c1-3-8-14(9-10-17-2)18(15,16)12-6-4-11(13)5-7-12/h3-7H,1,8-10,13H2,2H3. The average molecular weight is 270 g/mol. The molecule has 0 saturated heterocycles. The number of hydrogen-bond donors (Lipinski definition) is 1. The van der Waals surface area contributed by atoms with Crippen LogP contribution in [-0.4, -0.2) is 39.5 Å². The second-order valence-corrected chi connectivity index (χ2v) is 5.65. The van der Waals surface area contributed by atoms with Gasteiger partial charge >= 0.3 is 0 Å². The molecule has 0 radical (unpaired) electrons. The number of anilines is 1. The molecule has 0 atom stereocenters. The van der Waals surface area contributed by atoms with Gasteiger partial charge in [-0.1, -0.05) is 6.08 Å². The average Bonchev–Trinajstić information content (AvgIpc) is 2.35. The highest BCUT2D eigenvalue weighted by Crippen LogP contribution is 2.16. The van der Waals surface area contributed by atoms with E-state index in [1.807, 2.05) is 0 Å². The fourth-order valence-electron chi connectivity index (χ4n) is 1.44. The molecule has 0 spiro atoms.